The molecule has 0 spiro atoms. The number of benzene rings is 2. The minimum Gasteiger partial charge on any atom is -0.507 e. The van der Waals surface area contributed by atoms with Gasteiger partial charge in [0, 0.05) is 11.6 Å². The van der Waals surface area contributed by atoms with Crippen LogP contribution in [0, 0.1) is 6.92 Å². The van der Waals surface area contributed by atoms with E-state index in [9.17, 15) is 9.90 Å². The van der Waals surface area contributed by atoms with Crippen LogP contribution < -0.4 is 5.43 Å². The van der Waals surface area contributed by atoms with Crippen molar-refractivity contribution in [2.24, 2.45) is 0 Å². The SMILES string of the molecule is Cc1ccccc1-c1cc(=O)c2c(Br)c(O)ccc2o1. The third kappa shape index (κ3) is 2.02. The van der Waals surface area contributed by atoms with E-state index in [0.717, 1.165) is 11.1 Å². The molecule has 3 rings (SSSR count). The average Bonchev–Trinajstić information content (AvgIpc) is 2.43. The molecular weight excluding hydrogens is 320 g/mol. The third-order valence-electron chi connectivity index (χ3n) is 3.22. The van der Waals surface area contributed by atoms with Gasteiger partial charge < -0.3 is 9.52 Å². The van der Waals surface area contributed by atoms with Gasteiger partial charge in [-0.2, -0.15) is 0 Å². The summed E-state index contributed by atoms with van der Waals surface area (Å²) in [6.07, 6.45) is 0. The van der Waals surface area contributed by atoms with Gasteiger partial charge in [0.1, 0.15) is 17.1 Å². The first-order valence-corrected chi connectivity index (χ1v) is 6.88. The zero-order valence-corrected chi connectivity index (χ0v) is 12.3. The maximum atomic E-state index is 12.3. The lowest BCUT2D eigenvalue weighted by molar-refractivity contribution is 0.472. The zero-order chi connectivity index (χ0) is 14.3. The van der Waals surface area contributed by atoms with Gasteiger partial charge in [0.05, 0.1) is 9.86 Å². The molecule has 2 aromatic carbocycles. The highest BCUT2D eigenvalue weighted by molar-refractivity contribution is 9.10. The first kappa shape index (κ1) is 12.9. The van der Waals surface area contributed by atoms with Crippen molar-refractivity contribution in [1.82, 2.24) is 0 Å². The van der Waals surface area contributed by atoms with E-state index in [1.165, 1.54) is 12.1 Å². The molecular formula is C16H11BrO3. The summed E-state index contributed by atoms with van der Waals surface area (Å²) in [4.78, 5) is 12.3. The number of aryl methyl sites for hydroxylation is 1. The Balaban J connectivity index is 2.35. The lowest BCUT2D eigenvalue weighted by atomic mass is 10.1. The standard InChI is InChI=1S/C16H11BrO3/c1-9-4-2-3-5-10(9)14-8-12(19)15-13(20-14)7-6-11(18)16(15)17/h2-8,18H,1H3. The summed E-state index contributed by atoms with van der Waals surface area (Å²) in [5, 5.41) is 9.99. The van der Waals surface area contributed by atoms with Crippen molar-refractivity contribution in [2.45, 2.75) is 6.92 Å². The van der Waals surface area contributed by atoms with Crippen molar-refractivity contribution in [3.63, 3.8) is 0 Å². The van der Waals surface area contributed by atoms with Crippen molar-refractivity contribution in [2.75, 3.05) is 0 Å². The van der Waals surface area contributed by atoms with Crippen LogP contribution in [-0.4, -0.2) is 5.11 Å². The summed E-state index contributed by atoms with van der Waals surface area (Å²) in [6, 6.07) is 12.3. The van der Waals surface area contributed by atoms with Crippen molar-refractivity contribution >= 4 is 26.9 Å². The fourth-order valence-electron chi connectivity index (χ4n) is 2.18. The van der Waals surface area contributed by atoms with E-state index >= 15 is 0 Å². The molecule has 0 amide bonds. The van der Waals surface area contributed by atoms with Crippen LogP contribution >= 0.6 is 15.9 Å². The lowest BCUT2D eigenvalue weighted by Crippen LogP contribution is -2.01. The predicted octanol–water partition coefficient (Wildman–Crippen LogP) is 4.24. The van der Waals surface area contributed by atoms with Crippen molar-refractivity contribution in [3.8, 4) is 17.1 Å². The first-order chi connectivity index (χ1) is 9.58. The fraction of sp³-hybridized carbons (Fsp3) is 0.0625. The largest absolute Gasteiger partial charge is 0.507 e. The number of halogens is 1. The minimum absolute atomic E-state index is 0.0217. The van der Waals surface area contributed by atoms with E-state index < -0.39 is 0 Å². The molecule has 0 saturated carbocycles. The molecule has 0 atom stereocenters. The number of fused-ring (bicyclic) bond motifs is 1. The minimum atomic E-state index is -0.188. The highest BCUT2D eigenvalue weighted by Crippen LogP contribution is 2.32. The molecule has 0 unspecified atom stereocenters. The summed E-state index contributed by atoms with van der Waals surface area (Å²) in [5.41, 5.74) is 2.18. The van der Waals surface area contributed by atoms with Gasteiger partial charge in [0.15, 0.2) is 5.43 Å². The molecule has 0 bridgehead atoms. The van der Waals surface area contributed by atoms with Crippen LogP contribution in [0.5, 0.6) is 5.75 Å². The molecule has 1 aromatic heterocycles. The predicted molar refractivity (Wildman–Crippen MR) is 82.0 cm³/mol. The van der Waals surface area contributed by atoms with Gasteiger partial charge >= 0.3 is 0 Å². The number of phenols is 1. The van der Waals surface area contributed by atoms with E-state index in [0.29, 0.717) is 21.2 Å². The molecule has 0 fully saturated rings. The van der Waals surface area contributed by atoms with Crippen LogP contribution in [0.4, 0.5) is 0 Å². The Bertz CT molecular complexity index is 865. The Morgan fingerprint density at radius 1 is 1.15 bits per heavy atom. The van der Waals surface area contributed by atoms with E-state index in [-0.39, 0.29) is 11.2 Å². The second kappa shape index (κ2) is 4.80. The van der Waals surface area contributed by atoms with E-state index in [1.807, 2.05) is 31.2 Å². The molecule has 100 valence electrons. The van der Waals surface area contributed by atoms with Gasteiger partial charge in [-0.1, -0.05) is 24.3 Å². The zero-order valence-electron chi connectivity index (χ0n) is 10.7. The maximum absolute atomic E-state index is 12.3. The summed E-state index contributed by atoms with van der Waals surface area (Å²) in [5.74, 6) is 0.548. The molecule has 0 radical (unpaired) electrons. The van der Waals surface area contributed by atoms with Crippen LogP contribution in [0.15, 0.2) is 56.1 Å². The monoisotopic (exact) mass is 330 g/mol. The topological polar surface area (TPSA) is 50.4 Å². The van der Waals surface area contributed by atoms with Gasteiger partial charge in [-0.3, -0.25) is 4.79 Å². The molecule has 3 nitrogen and oxygen atoms in total. The molecule has 4 heteroatoms. The average molecular weight is 331 g/mol. The Hall–Kier alpha value is -2.07. The quantitative estimate of drug-likeness (QED) is 0.726. The second-order valence-corrected chi connectivity index (χ2v) is 5.35. The molecule has 0 saturated heterocycles. The van der Waals surface area contributed by atoms with Crippen molar-refractivity contribution < 1.29 is 9.52 Å². The molecule has 1 heterocycles. The van der Waals surface area contributed by atoms with E-state index in [2.05, 4.69) is 15.9 Å². The number of hydrogen-bond acceptors (Lipinski definition) is 3. The third-order valence-corrected chi connectivity index (χ3v) is 4.03. The molecule has 0 aliphatic rings. The molecule has 0 aliphatic heterocycles. The Morgan fingerprint density at radius 2 is 1.90 bits per heavy atom. The Kier molecular flexibility index (Phi) is 3.10. The van der Waals surface area contributed by atoms with Crippen LogP contribution in [0.3, 0.4) is 0 Å². The molecule has 20 heavy (non-hydrogen) atoms. The summed E-state index contributed by atoms with van der Waals surface area (Å²) in [6.45, 7) is 1.96. The van der Waals surface area contributed by atoms with E-state index in [4.69, 9.17) is 4.42 Å². The Labute approximate surface area is 123 Å². The van der Waals surface area contributed by atoms with Crippen molar-refractivity contribution in [3.05, 3.63) is 62.7 Å². The Morgan fingerprint density at radius 3 is 2.65 bits per heavy atom. The van der Waals surface area contributed by atoms with Gasteiger partial charge in [0.2, 0.25) is 0 Å². The van der Waals surface area contributed by atoms with Gasteiger partial charge in [0.25, 0.3) is 0 Å². The van der Waals surface area contributed by atoms with Crippen LogP contribution in [0.1, 0.15) is 5.56 Å². The van der Waals surface area contributed by atoms with Crippen LogP contribution in [-0.2, 0) is 0 Å². The summed E-state index contributed by atoms with van der Waals surface area (Å²) < 4.78 is 6.17. The van der Waals surface area contributed by atoms with Gasteiger partial charge in [-0.15, -0.1) is 0 Å². The first-order valence-electron chi connectivity index (χ1n) is 6.09. The lowest BCUT2D eigenvalue weighted by Gasteiger charge is -2.07. The van der Waals surface area contributed by atoms with Gasteiger partial charge in [-0.25, -0.2) is 0 Å². The number of hydrogen-bond donors (Lipinski definition) is 1. The van der Waals surface area contributed by atoms with Crippen LogP contribution in [0.2, 0.25) is 0 Å². The fourth-order valence-corrected chi connectivity index (χ4v) is 2.71. The smallest absolute Gasteiger partial charge is 0.194 e. The summed E-state index contributed by atoms with van der Waals surface area (Å²) in [7, 11) is 0. The van der Waals surface area contributed by atoms with Gasteiger partial charge in [-0.05, 0) is 40.5 Å². The maximum Gasteiger partial charge on any atom is 0.194 e. The number of rotatable bonds is 1. The van der Waals surface area contributed by atoms with E-state index in [1.54, 1.807) is 6.07 Å². The molecule has 0 aliphatic carbocycles. The summed E-state index contributed by atoms with van der Waals surface area (Å²) >= 11 is 3.22. The number of aromatic hydroxyl groups is 1. The van der Waals surface area contributed by atoms with Crippen LogP contribution in [0.25, 0.3) is 22.3 Å². The number of phenolic OH excluding ortho intramolecular Hbond substituents is 1. The van der Waals surface area contributed by atoms with Crippen molar-refractivity contribution in [1.29, 1.82) is 0 Å². The molecule has 3 aromatic rings. The molecule has 1 N–H and O–H groups in total. The highest BCUT2D eigenvalue weighted by Gasteiger charge is 2.13. The second-order valence-electron chi connectivity index (χ2n) is 4.56. The normalized spacial score (nSPS) is 10.9. The highest BCUT2D eigenvalue weighted by atomic mass is 79.9.